The van der Waals surface area contributed by atoms with Gasteiger partial charge in [0, 0.05) is 24.2 Å². The highest BCUT2D eigenvalue weighted by molar-refractivity contribution is 8.15. The van der Waals surface area contributed by atoms with E-state index in [0.717, 1.165) is 12.2 Å². The molecule has 1 heterocycles. The lowest BCUT2D eigenvalue weighted by atomic mass is 10.2. The Morgan fingerprint density at radius 2 is 1.88 bits per heavy atom. The average molecular weight is 474 g/mol. The monoisotopic (exact) mass is 473 g/mol. The van der Waals surface area contributed by atoms with Crippen molar-refractivity contribution in [2.24, 2.45) is 4.99 Å². The number of carbonyl (C=O) groups is 2. The number of unbranched alkanes of at least 4 members (excludes halogenated alkanes) is 3. The number of amidine groups is 1. The zero-order chi connectivity index (χ0) is 22.9. The van der Waals surface area contributed by atoms with Crippen molar-refractivity contribution in [2.75, 3.05) is 19.0 Å². The Balaban J connectivity index is 1.58. The standard InChI is InChI=1S/C24H28ClN3O3S/c1-3-4-5-6-15-31-20-13-11-18(12-14-20)26-23(30)21-16-22(29)28(2)24(32-21)27-19-9-7-17(25)8-10-19/h7-14,21H,3-6,15-16H2,1-2H3,(H,26,30). The van der Waals surface area contributed by atoms with Crippen LogP contribution >= 0.6 is 23.4 Å². The van der Waals surface area contributed by atoms with Crippen molar-refractivity contribution < 1.29 is 14.3 Å². The minimum absolute atomic E-state index is 0.117. The molecule has 2 aromatic carbocycles. The molecule has 8 heteroatoms. The summed E-state index contributed by atoms with van der Waals surface area (Å²) in [5.41, 5.74) is 1.33. The maximum absolute atomic E-state index is 12.8. The summed E-state index contributed by atoms with van der Waals surface area (Å²) in [5.74, 6) is 0.401. The Bertz CT molecular complexity index is 948. The van der Waals surface area contributed by atoms with Crippen LogP contribution in [0.1, 0.15) is 39.0 Å². The molecule has 6 nitrogen and oxygen atoms in total. The smallest absolute Gasteiger partial charge is 0.238 e. The van der Waals surface area contributed by atoms with Gasteiger partial charge < -0.3 is 10.1 Å². The summed E-state index contributed by atoms with van der Waals surface area (Å²) in [6.45, 7) is 2.87. The number of hydrogen-bond donors (Lipinski definition) is 1. The van der Waals surface area contributed by atoms with Gasteiger partial charge in [0.2, 0.25) is 11.8 Å². The summed E-state index contributed by atoms with van der Waals surface area (Å²) in [6, 6.07) is 14.3. The summed E-state index contributed by atoms with van der Waals surface area (Å²) in [6.07, 6.45) is 4.74. The molecule has 0 radical (unpaired) electrons. The van der Waals surface area contributed by atoms with Crippen LogP contribution in [0.25, 0.3) is 0 Å². The Labute approximate surface area is 198 Å². The second-order valence-electron chi connectivity index (χ2n) is 7.56. The third-order valence-electron chi connectivity index (χ3n) is 5.00. The number of hydrogen-bond acceptors (Lipinski definition) is 5. The maximum Gasteiger partial charge on any atom is 0.238 e. The van der Waals surface area contributed by atoms with Crippen LogP contribution in [-0.2, 0) is 9.59 Å². The summed E-state index contributed by atoms with van der Waals surface area (Å²) in [5, 5.41) is 3.43. The van der Waals surface area contributed by atoms with Crippen LogP contribution in [0.2, 0.25) is 5.02 Å². The Morgan fingerprint density at radius 1 is 1.16 bits per heavy atom. The number of nitrogens with one attached hydrogen (secondary N) is 1. The van der Waals surface area contributed by atoms with E-state index < -0.39 is 5.25 Å². The van der Waals surface area contributed by atoms with Crippen molar-refractivity contribution in [2.45, 2.75) is 44.3 Å². The van der Waals surface area contributed by atoms with Crippen LogP contribution in [0.3, 0.4) is 0 Å². The fourth-order valence-corrected chi connectivity index (χ4v) is 4.29. The Hall–Kier alpha value is -2.51. The molecule has 0 saturated carbocycles. The number of anilines is 1. The van der Waals surface area contributed by atoms with Crippen molar-refractivity contribution in [3.8, 4) is 5.75 Å². The van der Waals surface area contributed by atoms with E-state index in [1.165, 1.54) is 35.9 Å². The molecule has 32 heavy (non-hydrogen) atoms. The zero-order valence-corrected chi connectivity index (χ0v) is 19.9. The molecular weight excluding hydrogens is 446 g/mol. The molecule has 1 N–H and O–H groups in total. The van der Waals surface area contributed by atoms with E-state index in [1.807, 2.05) is 24.3 Å². The SMILES string of the molecule is CCCCCCOc1ccc(NC(=O)C2CC(=O)N(C)C(=Nc3ccc(Cl)cc3)S2)cc1. The summed E-state index contributed by atoms with van der Waals surface area (Å²) >= 11 is 7.20. The van der Waals surface area contributed by atoms with Crippen molar-refractivity contribution >= 4 is 51.7 Å². The van der Waals surface area contributed by atoms with Crippen molar-refractivity contribution in [3.05, 3.63) is 53.6 Å². The number of rotatable bonds is 9. The molecule has 3 rings (SSSR count). The summed E-state index contributed by atoms with van der Waals surface area (Å²) in [4.78, 5) is 31.3. The second kappa shape index (κ2) is 11.9. The Kier molecular flexibility index (Phi) is 9.00. The topological polar surface area (TPSA) is 71.0 Å². The number of ether oxygens (including phenoxy) is 1. The average Bonchev–Trinajstić information content (AvgIpc) is 2.79. The van der Waals surface area contributed by atoms with Crippen molar-refractivity contribution in [1.82, 2.24) is 4.90 Å². The van der Waals surface area contributed by atoms with Crippen LogP contribution < -0.4 is 10.1 Å². The number of amides is 2. The fourth-order valence-electron chi connectivity index (χ4n) is 3.10. The largest absolute Gasteiger partial charge is 0.494 e. The fraction of sp³-hybridized carbons (Fsp3) is 0.375. The molecule has 2 amide bonds. The quantitative estimate of drug-likeness (QED) is 0.461. The van der Waals surface area contributed by atoms with Gasteiger partial charge in [-0.2, -0.15) is 0 Å². The zero-order valence-electron chi connectivity index (χ0n) is 18.3. The molecule has 0 aliphatic carbocycles. The highest BCUT2D eigenvalue weighted by atomic mass is 35.5. The molecule has 0 bridgehead atoms. The minimum Gasteiger partial charge on any atom is -0.494 e. The first-order valence-corrected chi connectivity index (χ1v) is 12.0. The number of halogens is 1. The van der Waals surface area contributed by atoms with Crippen LogP contribution in [0.4, 0.5) is 11.4 Å². The summed E-state index contributed by atoms with van der Waals surface area (Å²) < 4.78 is 5.74. The van der Waals surface area contributed by atoms with E-state index in [0.29, 0.717) is 28.2 Å². The molecule has 0 aromatic heterocycles. The lowest BCUT2D eigenvalue weighted by Gasteiger charge is -2.28. The molecule has 1 unspecified atom stereocenters. The van der Waals surface area contributed by atoms with Crippen molar-refractivity contribution in [3.63, 3.8) is 0 Å². The maximum atomic E-state index is 12.8. The van der Waals surface area contributed by atoms with Gasteiger partial charge >= 0.3 is 0 Å². The number of nitrogens with zero attached hydrogens (tertiary/aromatic N) is 2. The molecule has 1 aliphatic rings. The third-order valence-corrected chi connectivity index (χ3v) is 6.49. The van der Waals surface area contributed by atoms with Gasteiger partial charge in [0.05, 0.1) is 12.3 Å². The van der Waals surface area contributed by atoms with E-state index in [2.05, 4.69) is 17.2 Å². The van der Waals surface area contributed by atoms with E-state index >= 15 is 0 Å². The molecule has 0 spiro atoms. The van der Waals surface area contributed by atoms with Gasteiger partial charge in [-0.25, -0.2) is 4.99 Å². The molecule has 1 aliphatic heterocycles. The van der Waals surface area contributed by atoms with Crippen LogP contribution in [0, 0.1) is 0 Å². The first-order chi connectivity index (χ1) is 15.5. The highest BCUT2D eigenvalue weighted by Crippen LogP contribution is 2.29. The third kappa shape index (κ3) is 7.00. The normalized spacial score (nSPS) is 17.5. The van der Waals surface area contributed by atoms with Gasteiger partial charge in [0.15, 0.2) is 5.17 Å². The van der Waals surface area contributed by atoms with Gasteiger partial charge in [0.1, 0.15) is 11.0 Å². The number of thioether (sulfide) groups is 1. The van der Waals surface area contributed by atoms with Crippen LogP contribution in [0.5, 0.6) is 5.75 Å². The number of aliphatic imine (C=N–C) groups is 1. The number of benzene rings is 2. The van der Waals surface area contributed by atoms with E-state index in [9.17, 15) is 9.59 Å². The lowest BCUT2D eigenvalue weighted by molar-refractivity contribution is -0.128. The van der Waals surface area contributed by atoms with Gasteiger partial charge in [0.25, 0.3) is 0 Å². The second-order valence-corrected chi connectivity index (χ2v) is 9.16. The first-order valence-electron chi connectivity index (χ1n) is 10.8. The summed E-state index contributed by atoms with van der Waals surface area (Å²) in [7, 11) is 1.67. The van der Waals surface area contributed by atoms with Crippen LogP contribution in [0.15, 0.2) is 53.5 Å². The van der Waals surface area contributed by atoms with Crippen LogP contribution in [-0.4, -0.2) is 40.8 Å². The lowest BCUT2D eigenvalue weighted by Crippen LogP contribution is -2.43. The van der Waals surface area contributed by atoms with Gasteiger partial charge in [-0.15, -0.1) is 0 Å². The number of carbonyl (C=O) groups excluding carboxylic acids is 2. The minimum atomic E-state index is -0.556. The van der Waals surface area contributed by atoms with Gasteiger partial charge in [-0.3, -0.25) is 14.5 Å². The van der Waals surface area contributed by atoms with E-state index in [-0.39, 0.29) is 18.2 Å². The van der Waals surface area contributed by atoms with Crippen molar-refractivity contribution in [1.29, 1.82) is 0 Å². The molecule has 1 fully saturated rings. The molecule has 1 atom stereocenters. The van der Waals surface area contributed by atoms with Gasteiger partial charge in [-0.1, -0.05) is 49.5 Å². The molecule has 1 saturated heterocycles. The predicted molar refractivity (Wildman–Crippen MR) is 132 cm³/mol. The molecule has 2 aromatic rings. The first kappa shape index (κ1) is 24.1. The Morgan fingerprint density at radius 3 is 2.56 bits per heavy atom. The molecular formula is C24H28ClN3O3S. The predicted octanol–water partition coefficient (Wildman–Crippen LogP) is 5.89. The highest BCUT2D eigenvalue weighted by Gasteiger charge is 2.34. The van der Waals surface area contributed by atoms with Gasteiger partial charge in [-0.05, 0) is 55.0 Å². The molecule has 170 valence electrons. The van der Waals surface area contributed by atoms with E-state index in [4.69, 9.17) is 16.3 Å². The van der Waals surface area contributed by atoms with E-state index in [1.54, 1.807) is 31.3 Å².